The van der Waals surface area contributed by atoms with Crippen molar-refractivity contribution in [3.8, 4) is 5.75 Å². The van der Waals surface area contributed by atoms with Crippen LogP contribution in [0.15, 0.2) is 18.2 Å². The fourth-order valence-corrected chi connectivity index (χ4v) is 1.19. The summed E-state index contributed by atoms with van der Waals surface area (Å²) in [5.74, 6) is -1.45. The third-order valence-electron chi connectivity index (χ3n) is 1.97. The van der Waals surface area contributed by atoms with Crippen LogP contribution >= 0.6 is 0 Å². The summed E-state index contributed by atoms with van der Waals surface area (Å²) in [5.41, 5.74) is -0.118. The summed E-state index contributed by atoms with van der Waals surface area (Å²) in [6.07, 6.45) is 0. The maximum atomic E-state index is 12.9. The quantitative estimate of drug-likeness (QED) is 0.627. The zero-order valence-electron chi connectivity index (χ0n) is 9.15. The van der Waals surface area contributed by atoms with Gasteiger partial charge in [0.2, 0.25) is 0 Å². The van der Waals surface area contributed by atoms with E-state index in [0.717, 1.165) is 18.2 Å². The molecule has 0 aliphatic rings. The molecular formula is C11H14FNO4. The van der Waals surface area contributed by atoms with Gasteiger partial charge in [0, 0.05) is 6.54 Å². The van der Waals surface area contributed by atoms with Crippen LogP contribution in [0.3, 0.4) is 0 Å². The normalized spacial score (nSPS) is 10.2. The molecule has 0 aromatic heterocycles. The van der Waals surface area contributed by atoms with E-state index >= 15 is 0 Å². The number of phenolic OH excluding ortho intramolecular Hbond substituents is 1. The highest BCUT2D eigenvalue weighted by molar-refractivity contribution is 5.96. The van der Waals surface area contributed by atoms with Gasteiger partial charge in [0.05, 0.1) is 25.4 Å². The van der Waals surface area contributed by atoms with E-state index < -0.39 is 11.7 Å². The molecule has 0 saturated carbocycles. The molecule has 1 amide bonds. The summed E-state index contributed by atoms with van der Waals surface area (Å²) in [6, 6.07) is 3.14. The fraction of sp³-hybridized carbons (Fsp3) is 0.364. The van der Waals surface area contributed by atoms with Crippen molar-refractivity contribution in [1.29, 1.82) is 0 Å². The lowest BCUT2D eigenvalue weighted by Gasteiger charge is -2.07. The first-order valence-electron chi connectivity index (χ1n) is 5.10. The van der Waals surface area contributed by atoms with Crippen LogP contribution in [0.4, 0.5) is 4.39 Å². The molecule has 0 aliphatic carbocycles. The minimum atomic E-state index is -0.593. The van der Waals surface area contributed by atoms with Gasteiger partial charge in [-0.1, -0.05) is 0 Å². The van der Waals surface area contributed by atoms with E-state index in [1.165, 1.54) is 0 Å². The van der Waals surface area contributed by atoms with Gasteiger partial charge in [-0.25, -0.2) is 4.39 Å². The molecule has 5 nitrogen and oxygen atoms in total. The van der Waals surface area contributed by atoms with Crippen molar-refractivity contribution in [1.82, 2.24) is 5.32 Å². The van der Waals surface area contributed by atoms with Gasteiger partial charge in [-0.2, -0.15) is 0 Å². The van der Waals surface area contributed by atoms with Crippen molar-refractivity contribution < 1.29 is 24.1 Å². The number of aliphatic hydroxyl groups excluding tert-OH is 1. The van der Waals surface area contributed by atoms with Crippen LogP contribution in [-0.2, 0) is 4.74 Å². The number of benzene rings is 1. The van der Waals surface area contributed by atoms with Gasteiger partial charge in [0.1, 0.15) is 11.6 Å². The van der Waals surface area contributed by atoms with Crippen LogP contribution in [0, 0.1) is 5.82 Å². The third-order valence-corrected chi connectivity index (χ3v) is 1.97. The van der Waals surface area contributed by atoms with Crippen molar-refractivity contribution in [3.63, 3.8) is 0 Å². The van der Waals surface area contributed by atoms with E-state index in [4.69, 9.17) is 9.84 Å². The van der Waals surface area contributed by atoms with Crippen LogP contribution < -0.4 is 5.32 Å². The van der Waals surface area contributed by atoms with E-state index in [1.807, 2.05) is 0 Å². The Morgan fingerprint density at radius 1 is 1.41 bits per heavy atom. The number of hydrogen-bond acceptors (Lipinski definition) is 4. The molecule has 0 spiro atoms. The largest absolute Gasteiger partial charge is 0.507 e. The molecule has 1 aromatic carbocycles. The highest BCUT2D eigenvalue weighted by Crippen LogP contribution is 2.17. The SMILES string of the molecule is O=C(NCCOCCO)c1cc(F)ccc1O. The first-order chi connectivity index (χ1) is 8.15. The molecule has 1 aromatic rings. The first-order valence-corrected chi connectivity index (χ1v) is 5.10. The van der Waals surface area contributed by atoms with Crippen molar-refractivity contribution in [2.45, 2.75) is 0 Å². The van der Waals surface area contributed by atoms with Crippen molar-refractivity contribution in [3.05, 3.63) is 29.6 Å². The molecule has 6 heteroatoms. The fourth-order valence-electron chi connectivity index (χ4n) is 1.19. The first kappa shape index (κ1) is 13.4. The second-order valence-corrected chi connectivity index (χ2v) is 3.25. The number of phenols is 1. The molecular weight excluding hydrogens is 229 g/mol. The van der Waals surface area contributed by atoms with Gasteiger partial charge in [-0.15, -0.1) is 0 Å². The maximum Gasteiger partial charge on any atom is 0.255 e. The smallest absolute Gasteiger partial charge is 0.255 e. The van der Waals surface area contributed by atoms with Crippen molar-refractivity contribution >= 4 is 5.91 Å². The van der Waals surface area contributed by atoms with E-state index in [-0.39, 0.29) is 37.7 Å². The van der Waals surface area contributed by atoms with E-state index in [2.05, 4.69) is 5.32 Å². The number of aliphatic hydroxyl groups is 1. The Balaban J connectivity index is 2.44. The van der Waals surface area contributed by atoms with Crippen molar-refractivity contribution in [2.24, 2.45) is 0 Å². The van der Waals surface area contributed by atoms with Crippen LogP contribution in [-0.4, -0.2) is 42.5 Å². The highest BCUT2D eigenvalue weighted by atomic mass is 19.1. The summed E-state index contributed by atoms with van der Waals surface area (Å²) >= 11 is 0. The molecule has 94 valence electrons. The predicted octanol–water partition coefficient (Wildman–Crippen LogP) is 0.270. The summed E-state index contributed by atoms with van der Waals surface area (Å²) in [4.78, 5) is 11.5. The average Bonchev–Trinajstić information content (AvgIpc) is 2.32. The van der Waals surface area contributed by atoms with Gasteiger partial charge in [-0.05, 0) is 18.2 Å². The Bertz CT molecular complexity index is 384. The Kier molecular flexibility index (Phi) is 5.38. The Morgan fingerprint density at radius 2 is 2.18 bits per heavy atom. The molecule has 0 unspecified atom stereocenters. The van der Waals surface area contributed by atoms with Crippen molar-refractivity contribution in [2.75, 3.05) is 26.4 Å². The third kappa shape index (κ3) is 4.38. The summed E-state index contributed by atoms with van der Waals surface area (Å²) < 4.78 is 17.8. The zero-order chi connectivity index (χ0) is 12.7. The van der Waals surface area contributed by atoms with Crippen LogP contribution in [0.5, 0.6) is 5.75 Å². The van der Waals surface area contributed by atoms with Crippen LogP contribution in [0.25, 0.3) is 0 Å². The lowest BCUT2D eigenvalue weighted by atomic mass is 10.2. The van der Waals surface area contributed by atoms with Gasteiger partial charge in [0.25, 0.3) is 5.91 Å². The molecule has 0 heterocycles. The number of ether oxygens (including phenoxy) is 1. The van der Waals surface area contributed by atoms with Crippen LogP contribution in [0.1, 0.15) is 10.4 Å². The summed E-state index contributed by atoms with van der Waals surface area (Å²) in [6.45, 7) is 0.566. The standard InChI is InChI=1S/C11H14FNO4/c12-8-1-2-10(15)9(7-8)11(16)13-3-5-17-6-4-14/h1-2,7,14-15H,3-6H2,(H,13,16). The molecule has 0 atom stereocenters. The summed E-state index contributed by atoms with van der Waals surface area (Å²) in [7, 11) is 0. The van der Waals surface area contributed by atoms with Gasteiger partial charge < -0.3 is 20.3 Å². The second kappa shape index (κ2) is 6.82. The Morgan fingerprint density at radius 3 is 2.88 bits per heavy atom. The van der Waals surface area contributed by atoms with E-state index in [1.54, 1.807) is 0 Å². The Hall–Kier alpha value is -1.66. The number of aromatic hydroxyl groups is 1. The van der Waals surface area contributed by atoms with Gasteiger partial charge in [0.15, 0.2) is 0 Å². The predicted molar refractivity (Wildman–Crippen MR) is 58.3 cm³/mol. The van der Waals surface area contributed by atoms with E-state index in [9.17, 15) is 14.3 Å². The number of carbonyl (C=O) groups excluding carboxylic acids is 1. The van der Waals surface area contributed by atoms with Crippen LogP contribution in [0.2, 0.25) is 0 Å². The number of hydrogen-bond donors (Lipinski definition) is 3. The molecule has 0 bridgehead atoms. The number of nitrogens with one attached hydrogen (secondary N) is 1. The topological polar surface area (TPSA) is 78.8 Å². The second-order valence-electron chi connectivity index (χ2n) is 3.25. The van der Waals surface area contributed by atoms with E-state index in [0.29, 0.717) is 0 Å². The maximum absolute atomic E-state index is 12.9. The number of carbonyl (C=O) groups is 1. The molecule has 0 aliphatic heterocycles. The van der Waals surface area contributed by atoms with Gasteiger partial charge >= 0.3 is 0 Å². The molecule has 0 radical (unpaired) electrons. The molecule has 1 rings (SSSR count). The average molecular weight is 243 g/mol. The zero-order valence-corrected chi connectivity index (χ0v) is 9.15. The highest BCUT2D eigenvalue weighted by Gasteiger charge is 2.11. The minimum Gasteiger partial charge on any atom is -0.507 e. The summed E-state index contributed by atoms with van der Waals surface area (Å²) in [5, 5.41) is 20.2. The monoisotopic (exact) mass is 243 g/mol. The molecule has 3 N–H and O–H groups in total. The minimum absolute atomic E-state index is 0.0847. The molecule has 17 heavy (non-hydrogen) atoms. The lowest BCUT2D eigenvalue weighted by Crippen LogP contribution is -2.27. The molecule has 0 saturated heterocycles. The number of halogens is 1. The van der Waals surface area contributed by atoms with Gasteiger partial charge in [-0.3, -0.25) is 4.79 Å². The molecule has 0 fully saturated rings. The number of amides is 1. The Labute approximate surface area is 97.8 Å². The number of rotatable bonds is 6. The lowest BCUT2D eigenvalue weighted by molar-refractivity contribution is 0.0836.